The Labute approximate surface area is 165 Å². The molecule has 1 atom stereocenters. The molecular formula is C19H20BrN3O4. The zero-order chi connectivity index (χ0) is 19.4. The fourth-order valence-corrected chi connectivity index (χ4v) is 3.44. The van der Waals surface area contributed by atoms with Gasteiger partial charge in [0.15, 0.2) is 0 Å². The maximum atomic E-state index is 12.3. The van der Waals surface area contributed by atoms with E-state index in [9.17, 15) is 14.4 Å². The van der Waals surface area contributed by atoms with Crippen molar-refractivity contribution >= 4 is 39.3 Å². The van der Waals surface area contributed by atoms with Crippen LogP contribution in [0.5, 0.6) is 0 Å². The second kappa shape index (κ2) is 8.39. The highest BCUT2D eigenvalue weighted by Crippen LogP contribution is 2.21. The molecule has 1 unspecified atom stereocenters. The minimum atomic E-state index is -0.463. The number of halogens is 1. The Morgan fingerprint density at radius 3 is 2.85 bits per heavy atom. The van der Waals surface area contributed by atoms with Crippen molar-refractivity contribution in [2.45, 2.75) is 19.9 Å². The number of likely N-dealkylation sites (tertiary alicyclic amines) is 1. The van der Waals surface area contributed by atoms with Gasteiger partial charge in [-0.2, -0.15) is 0 Å². The number of benzene rings is 1. The summed E-state index contributed by atoms with van der Waals surface area (Å²) < 4.78 is 6.17. The summed E-state index contributed by atoms with van der Waals surface area (Å²) in [5, 5.41) is 5.38. The van der Waals surface area contributed by atoms with Gasteiger partial charge in [-0.15, -0.1) is 0 Å². The lowest BCUT2D eigenvalue weighted by atomic mass is 10.1. The standard InChI is InChI=1S/C19H20BrN3O4/c1-12-7-14(20)4-5-16(12)22-17(24)9-21-19(26)13-8-18(25)23(10-13)11-15-3-2-6-27-15/h2-7,13H,8-11H2,1H3,(H,21,26)(H,22,24). The van der Waals surface area contributed by atoms with Gasteiger partial charge in [-0.1, -0.05) is 15.9 Å². The monoisotopic (exact) mass is 433 g/mol. The largest absolute Gasteiger partial charge is 0.467 e. The lowest BCUT2D eigenvalue weighted by Gasteiger charge is -2.15. The number of hydrogen-bond acceptors (Lipinski definition) is 4. The summed E-state index contributed by atoms with van der Waals surface area (Å²) in [4.78, 5) is 38.1. The summed E-state index contributed by atoms with van der Waals surface area (Å²) >= 11 is 3.37. The first kappa shape index (κ1) is 19.2. The van der Waals surface area contributed by atoms with Gasteiger partial charge < -0.3 is 20.0 Å². The quantitative estimate of drug-likeness (QED) is 0.731. The summed E-state index contributed by atoms with van der Waals surface area (Å²) in [6.45, 7) is 2.41. The normalized spacial score (nSPS) is 16.4. The van der Waals surface area contributed by atoms with Crippen LogP contribution in [0, 0.1) is 12.8 Å². The molecule has 0 spiro atoms. The fourth-order valence-electron chi connectivity index (χ4n) is 2.96. The Hall–Kier alpha value is -2.61. The molecule has 1 fully saturated rings. The van der Waals surface area contributed by atoms with E-state index in [2.05, 4.69) is 26.6 Å². The highest BCUT2D eigenvalue weighted by Gasteiger charge is 2.34. The van der Waals surface area contributed by atoms with Crippen molar-refractivity contribution in [3.63, 3.8) is 0 Å². The second-order valence-corrected chi connectivity index (χ2v) is 7.40. The average molecular weight is 434 g/mol. The van der Waals surface area contributed by atoms with Crippen LogP contribution in [0.2, 0.25) is 0 Å². The maximum Gasteiger partial charge on any atom is 0.243 e. The predicted molar refractivity (Wildman–Crippen MR) is 103 cm³/mol. The smallest absolute Gasteiger partial charge is 0.243 e. The van der Waals surface area contributed by atoms with Gasteiger partial charge in [0.2, 0.25) is 17.7 Å². The van der Waals surface area contributed by atoms with Crippen LogP contribution in [-0.4, -0.2) is 35.7 Å². The van der Waals surface area contributed by atoms with Gasteiger partial charge in [0.25, 0.3) is 0 Å². The van der Waals surface area contributed by atoms with Crippen molar-refractivity contribution in [1.29, 1.82) is 0 Å². The van der Waals surface area contributed by atoms with Crippen molar-refractivity contribution < 1.29 is 18.8 Å². The third-order valence-electron chi connectivity index (χ3n) is 4.40. The van der Waals surface area contributed by atoms with Crippen molar-refractivity contribution in [2.24, 2.45) is 5.92 Å². The third kappa shape index (κ3) is 4.97. The summed E-state index contributed by atoms with van der Waals surface area (Å²) in [6, 6.07) is 9.06. The number of rotatable bonds is 6. The molecule has 2 N–H and O–H groups in total. The second-order valence-electron chi connectivity index (χ2n) is 6.48. The van der Waals surface area contributed by atoms with Crippen molar-refractivity contribution in [3.05, 3.63) is 52.4 Å². The Bertz CT molecular complexity index is 851. The van der Waals surface area contributed by atoms with E-state index in [-0.39, 0.29) is 30.7 Å². The summed E-state index contributed by atoms with van der Waals surface area (Å²) in [6.07, 6.45) is 1.69. The molecule has 1 aliphatic rings. The van der Waals surface area contributed by atoms with Crippen LogP contribution in [0.15, 0.2) is 45.5 Å². The summed E-state index contributed by atoms with van der Waals surface area (Å²) in [5.41, 5.74) is 1.61. The molecule has 1 aromatic carbocycles. The van der Waals surface area contributed by atoms with E-state index in [0.717, 1.165) is 10.0 Å². The SMILES string of the molecule is Cc1cc(Br)ccc1NC(=O)CNC(=O)C1CC(=O)N(Cc2ccco2)C1. The Kier molecular flexibility index (Phi) is 5.95. The van der Waals surface area contributed by atoms with Crippen molar-refractivity contribution in [3.8, 4) is 0 Å². The van der Waals surface area contributed by atoms with Crippen molar-refractivity contribution in [2.75, 3.05) is 18.4 Å². The van der Waals surface area contributed by atoms with E-state index < -0.39 is 5.92 Å². The topological polar surface area (TPSA) is 91.7 Å². The molecule has 27 heavy (non-hydrogen) atoms. The molecule has 0 aliphatic carbocycles. The minimum Gasteiger partial charge on any atom is -0.467 e. The van der Waals surface area contributed by atoms with Crippen LogP contribution < -0.4 is 10.6 Å². The first-order chi connectivity index (χ1) is 12.9. The number of hydrogen-bond donors (Lipinski definition) is 2. The lowest BCUT2D eigenvalue weighted by Crippen LogP contribution is -2.37. The molecule has 1 aliphatic heterocycles. The Morgan fingerprint density at radius 1 is 1.33 bits per heavy atom. The summed E-state index contributed by atoms with van der Waals surface area (Å²) in [7, 11) is 0. The molecule has 3 amide bonds. The Morgan fingerprint density at radius 2 is 2.15 bits per heavy atom. The number of carbonyl (C=O) groups is 3. The number of furan rings is 1. The highest BCUT2D eigenvalue weighted by atomic mass is 79.9. The molecule has 0 bridgehead atoms. The van der Waals surface area contributed by atoms with E-state index in [1.807, 2.05) is 19.1 Å². The van der Waals surface area contributed by atoms with E-state index >= 15 is 0 Å². The molecule has 1 aromatic heterocycles. The number of amides is 3. The van der Waals surface area contributed by atoms with Gasteiger partial charge in [0, 0.05) is 23.1 Å². The molecule has 142 valence electrons. The number of nitrogens with zero attached hydrogens (tertiary/aromatic N) is 1. The highest BCUT2D eigenvalue weighted by molar-refractivity contribution is 9.10. The van der Waals surface area contributed by atoms with Gasteiger partial charge in [-0.05, 0) is 42.8 Å². The molecular weight excluding hydrogens is 414 g/mol. The van der Waals surface area contributed by atoms with E-state index in [4.69, 9.17) is 4.42 Å². The molecule has 3 rings (SSSR count). The molecule has 7 nitrogen and oxygen atoms in total. The number of anilines is 1. The number of aryl methyl sites for hydroxylation is 1. The Balaban J connectivity index is 1.47. The molecule has 1 saturated heterocycles. The van der Waals surface area contributed by atoms with Gasteiger partial charge in [0.1, 0.15) is 5.76 Å². The molecule has 2 aromatic rings. The number of nitrogens with one attached hydrogen (secondary N) is 2. The van der Waals surface area contributed by atoms with Crippen LogP contribution in [0.1, 0.15) is 17.7 Å². The summed E-state index contributed by atoms with van der Waals surface area (Å²) in [5.74, 6) is -0.497. The van der Waals surface area contributed by atoms with Gasteiger partial charge in [-0.25, -0.2) is 0 Å². The van der Waals surface area contributed by atoms with Crippen LogP contribution in [0.4, 0.5) is 5.69 Å². The van der Waals surface area contributed by atoms with Gasteiger partial charge >= 0.3 is 0 Å². The van der Waals surface area contributed by atoms with Gasteiger partial charge in [-0.3, -0.25) is 14.4 Å². The predicted octanol–water partition coefficient (Wildman–Crippen LogP) is 2.45. The van der Waals surface area contributed by atoms with E-state index in [1.165, 1.54) is 0 Å². The third-order valence-corrected chi connectivity index (χ3v) is 4.89. The first-order valence-corrected chi connectivity index (χ1v) is 9.35. The lowest BCUT2D eigenvalue weighted by molar-refractivity contribution is -0.129. The van der Waals surface area contributed by atoms with Gasteiger partial charge in [0.05, 0.1) is 25.3 Å². The fraction of sp³-hybridized carbons (Fsp3) is 0.316. The van der Waals surface area contributed by atoms with Crippen LogP contribution in [0.25, 0.3) is 0 Å². The number of carbonyl (C=O) groups excluding carboxylic acids is 3. The van der Waals surface area contributed by atoms with Crippen LogP contribution >= 0.6 is 15.9 Å². The zero-order valence-electron chi connectivity index (χ0n) is 14.8. The zero-order valence-corrected chi connectivity index (χ0v) is 16.4. The maximum absolute atomic E-state index is 12.3. The van der Waals surface area contributed by atoms with E-state index in [0.29, 0.717) is 24.5 Å². The van der Waals surface area contributed by atoms with Crippen LogP contribution in [-0.2, 0) is 20.9 Å². The minimum absolute atomic E-state index is 0.0958. The molecule has 0 radical (unpaired) electrons. The molecule has 8 heteroatoms. The molecule has 0 saturated carbocycles. The van der Waals surface area contributed by atoms with Crippen molar-refractivity contribution in [1.82, 2.24) is 10.2 Å². The first-order valence-electron chi connectivity index (χ1n) is 8.56. The van der Waals surface area contributed by atoms with Crippen LogP contribution in [0.3, 0.4) is 0 Å². The average Bonchev–Trinajstić information content (AvgIpc) is 3.26. The molecule has 2 heterocycles. The van der Waals surface area contributed by atoms with E-state index in [1.54, 1.807) is 29.4 Å².